The van der Waals surface area contributed by atoms with Crippen molar-refractivity contribution < 1.29 is 0 Å². The summed E-state index contributed by atoms with van der Waals surface area (Å²) in [5.74, 6) is 0.696. The Morgan fingerprint density at radius 1 is 0.962 bits per heavy atom. The van der Waals surface area contributed by atoms with Gasteiger partial charge in [0.2, 0.25) is 0 Å². The summed E-state index contributed by atoms with van der Waals surface area (Å²) in [6.07, 6.45) is 7.77. The number of hydrogen-bond acceptors (Lipinski definition) is 2. The third-order valence-corrected chi connectivity index (χ3v) is 4.31. The molecular formula is C23H19BrN2. The lowest BCUT2D eigenvalue weighted by Crippen LogP contribution is -1.97. The minimum atomic E-state index is 0.696. The third kappa shape index (κ3) is 4.24. The van der Waals surface area contributed by atoms with E-state index in [1.54, 1.807) is 6.08 Å². The fourth-order valence-corrected chi connectivity index (χ4v) is 3.04. The summed E-state index contributed by atoms with van der Waals surface area (Å²) < 4.78 is 1.00. The van der Waals surface area contributed by atoms with Crippen LogP contribution in [0.2, 0.25) is 0 Å². The van der Waals surface area contributed by atoms with Gasteiger partial charge in [-0.05, 0) is 30.7 Å². The molecule has 3 heteroatoms. The smallest absolute Gasteiger partial charge is 0.160 e. The summed E-state index contributed by atoms with van der Waals surface area (Å²) in [5.41, 5.74) is 4.79. The van der Waals surface area contributed by atoms with Crippen molar-refractivity contribution in [1.82, 2.24) is 9.97 Å². The van der Waals surface area contributed by atoms with E-state index in [0.29, 0.717) is 5.82 Å². The highest BCUT2D eigenvalue weighted by atomic mass is 79.9. The van der Waals surface area contributed by atoms with Gasteiger partial charge in [-0.2, -0.15) is 0 Å². The van der Waals surface area contributed by atoms with Crippen molar-refractivity contribution in [2.45, 2.75) is 6.92 Å². The van der Waals surface area contributed by atoms with Crippen molar-refractivity contribution in [2.24, 2.45) is 0 Å². The van der Waals surface area contributed by atoms with Gasteiger partial charge in [-0.15, -0.1) is 0 Å². The minimum absolute atomic E-state index is 0.696. The molecule has 26 heavy (non-hydrogen) atoms. The third-order valence-electron chi connectivity index (χ3n) is 3.82. The number of allylic oxidation sites excluding steroid dienone is 5. The molecule has 0 saturated carbocycles. The molecule has 3 rings (SSSR count). The van der Waals surface area contributed by atoms with Crippen molar-refractivity contribution in [2.75, 3.05) is 0 Å². The van der Waals surface area contributed by atoms with Crippen LogP contribution in [0, 0.1) is 0 Å². The zero-order chi connectivity index (χ0) is 18.4. The molecule has 3 aromatic rings. The van der Waals surface area contributed by atoms with Gasteiger partial charge >= 0.3 is 0 Å². The van der Waals surface area contributed by atoms with Crippen molar-refractivity contribution in [1.29, 1.82) is 0 Å². The van der Waals surface area contributed by atoms with Gasteiger partial charge in [0.05, 0.1) is 11.4 Å². The van der Waals surface area contributed by atoms with Crippen molar-refractivity contribution >= 4 is 21.5 Å². The second-order valence-electron chi connectivity index (χ2n) is 5.70. The average Bonchev–Trinajstić information content (AvgIpc) is 2.68. The second kappa shape index (κ2) is 8.54. The van der Waals surface area contributed by atoms with E-state index < -0.39 is 0 Å². The van der Waals surface area contributed by atoms with Crippen LogP contribution in [0.1, 0.15) is 12.6 Å². The van der Waals surface area contributed by atoms with Gasteiger partial charge in [0.15, 0.2) is 5.82 Å². The van der Waals surface area contributed by atoms with Gasteiger partial charge in [-0.25, -0.2) is 9.97 Å². The number of nitrogens with zero attached hydrogens (tertiary/aromatic N) is 2. The van der Waals surface area contributed by atoms with Crippen LogP contribution in [-0.4, -0.2) is 9.97 Å². The number of aromatic nitrogens is 2. The van der Waals surface area contributed by atoms with Crippen molar-refractivity contribution in [3.05, 3.63) is 102 Å². The molecule has 1 heterocycles. The molecule has 0 amide bonds. The SMILES string of the molecule is C=C/C=C(\C=C/C)c1cc(-c2ccccc2)nc(-c2cccc(Br)c2)n1. The van der Waals surface area contributed by atoms with Crippen LogP contribution in [-0.2, 0) is 0 Å². The van der Waals surface area contributed by atoms with Gasteiger partial charge < -0.3 is 0 Å². The van der Waals surface area contributed by atoms with Gasteiger partial charge in [0.1, 0.15) is 0 Å². The van der Waals surface area contributed by atoms with Crippen LogP contribution < -0.4 is 0 Å². The predicted octanol–water partition coefficient (Wildman–Crippen LogP) is 6.72. The first-order valence-electron chi connectivity index (χ1n) is 8.37. The topological polar surface area (TPSA) is 25.8 Å². The molecule has 1 aromatic heterocycles. The summed E-state index contributed by atoms with van der Waals surface area (Å²) in [7, 11) is 0. The van der Waals surface area contributed by atoms with Crippen LogP contribution in [0.25, 0.3) is 28.2 Å². The minimum Gasteiger partial charge on any atom is -0.228 e. The highest BCUT2D eigenvalue weighted by Gasteiger charge is 2.10. The molecule has 0 N–H and O–H groups in total. The molecule has 2 aromatic carbocycles. The molecule has 0 radical (unpaired) electrons. The molecule has 128 valence electrons. The fourth-order valence-electron chi connectivity index (χ4n) is 2.64. The lowest BCUT2D eigenvalue weighted by Gasteiger charge is -2.10. The number of benzene rings is 2. The number of hydrogen-bond donors (Lipinski definition) is 0. The van der Waals surface area contributed by atoms with Crippen LogP contribution in [0.5, 0.6) is 0 Å². The maximum atomic E-state index is 4.81. The first-order chi connectivity index (χ1) is 12.7. The Kier molecular flexibility index (Phi) is 5.92. The van der Waals surface area contributed by atoms with Crippen LogP contribution >= 0.6 is 15.9 Å². The first kappa shape index (κ1) is 18.0. The summed E-state index contributed by atoms with van der Waals surface area (Å²) in [5, 5.41) is 0. The molecular weight excluding hydrogens is 384 g/mol. The van der Waals surface area contributed by atoms with E-state index >= 15 is 0 Å². The Morgan fingerprint density at radius 2 is 1.73 bits per heavy atom. The summed E-state index contributed by atoms with van der Waals surface area (Å²) in [6, 6.07) is 20.2. The molecule has 0 fully saturated rings. The molecule has 0 unspecified atom stereocenters. The van der Waals surface area contributed by atoms with E-state index in [4.69, 9.17) is 9.97 Å². The van der Waals surface area contributed by atoms with Gasteiger partial charge in [0, 0.05) is 15.6 Å². The summed E-state index contributed by atoms with van der Waals surface area (Å²) in [4.78, 5) is 9.62. The maximum Gasteiger partial charge on any atom is 0.160 e. The zero-order valence-electron chi connectivity index (χ0n) is 14.6. The molecule has 0 aliphatic carbocycles. The lowest BCUT2D eigenvalue weighted by atomic mass is 10.1. The summed E-state index contributed by atoms with van der Waals surface area (Å²) >= 11 is 3.53. The van der Waals surface area contributed by atoms with Gasteiger partial charge in [-0.3, -0.25) is 0 Å². The largest absolute Gasteiger partial charge is 0.228 e. The molecule has 0 spiro atoms. The Labute approximate surface area is 162 Å². The Morgan fingerprint density at radius 3 is 2.42 bits per heavy atom. The van der Waals surface area contributed by atoms with E-state index in [1.165, 1.54) is 0 Å². The normalized spacial score (nSPS) is 11.7. The van der Waals surface area contributed by atoms with Crippen LogP contribution in [0.15, 0.2) is 96.0 Å². The van der Waals surface area contributed by atoms with E-state index in [1.807, 2.05) is 73.7 Å². The molecule has 0 aliphatic rings. The molecule has 0 saturated heterocycles. The highest BCUT2D eigenvalue weighted by molar-refractivity contribution is 9.10. The van der Waals surface area contributed by atoms with E-state index in [2.05, 4.69) is 34.6 Å². The monoisotopic (exact) mass is 402 g/mol. The first-order valence-corrected chi connectivity index (χ1v) is 9.17. The number of halogens is 1. The summed E-state index contributed by atoms with van der Waals surface area (Å²) in [6.45, 7) is 5.81. The van der Waals surface area contributed by atoms with Crippen molar-refractivity contribution in [3.8, 4) is 22.6 Å². The Hall–Kier alpha value is -2.78. The quantitative estimate of drug-likeness (QED) is 0.442. The second-order valence-corrected chi connectivity index (χ2v) is 6.61. The van der Waals surface area contributed by atoms with Crippen LogP contribution in [0.4, 0.5) is 0 Å². The fraction of sp³-hybridized carbons (Fsp3) is 0.0435. The number of rotatable bonds is 5. The Bertz CT molecular complexity index is 973. The predicted molar refractivity (Wildman–Crippen MR) is 114 cm³/mol. The van der Waals surface area contributed by atoms with Crippen molar-refractivity contribution in [3.63, 3.8) is 0 Å². The van der Waals surface area contributed by atoms with E-state index in [0.717, 1.165) is 32.6 Å². The average molecular weight is 403 g/mol. The van der Waals surface area contributed by atoms with E-state index in [-0.39, 0.29) is 0 Å². The zero-order valence-corrected chi connectivity index (χ0v) is 16.1. The Balaban J connectivity index is 2.23. The highest BCUT2D eigenvalue weighted by Crippen LogP contribution is 2.27. The molecule has 2 nitrogen and oxygen atoms in total. The molecule has 0 bridgehead atoms. The van der Waals surface area contributed by atoms with Crippen LogP contribution in [0.3, 0.4) is 0 Å². The molecule has 0 atom stereocenters. The standard InChI is InChI=1S/C23H19BrN2/c1-3-9-17(10-4-2)21-16-22(18-11-6-5-7-12-18)26-23(25-21)19-13-8-14-20(24)15-19/h3-16H,1H2,2H3/b10-4-,17-9+. The lowest BCUT2D eigenvalue weighted by molar-refractivity contribution is 1.16. The molecule has 0 aliphatic heterocycles. The van der Waals surface area contributed by atoms with Gasteiger partial charge in [0.25, 0.3) is 0 Å². The van der Waals surface area contributed by atoms with Gasteiger partial charge in [-0.1, -0.05) is 89.3 Å². The van der Waals surface area contributed by atoms with E-state index in [9.17, 15) is 0 Å². The maximum absolute atomic E-state index is 4.81.